The van der Waals surface area contributed by atoms with Crippen LogP contribution in [0.25, 0.3) is 0 Å². The van der Waals surface area contributed by atoms with Crippen LogP contribution in [-0.4, -0.2) is 37.2 Å². The highest BCUT2D eigenvalue weighted by atomic mass is 16.6. The average molecular weight is 1110 g/mol. The van der Waals surface area contributed by atoms with Gasteiger partial charge >= 0.3 is 17.9 Å². The van der Waals surface area contributed by atoms with Crippen molar-refractivity contribution in [3.05, 3.63) is 97.2 Å². The van der Waals surface area contributed by atoms with E-state index in [0.29, 0.717) is 19.3 Å². The third kappa shape index (κ3) is 65.1. The summed E-state index contributed by atoms with van der Waals surface area (Å²) in [7, 11) is 0. The van der Waals surface area contributed by atoms with Gasteiger partial charge in [0.2, 0.25) is 0 Å². The van der Waals surface area contributed by atoms with Crippen LogP contribution in [0.5, 0.6) is 0 Å². The highest BCUT2D eigenvalue weighted by Gasteiger charge is 2.19. The van der Waals surface area contributed by atoms with Gasteiger partial charge in [0.25, 0.3) is 0 Å². The van der Waals surface area contributed by atoms with Gasteiger partial charge in [-0.25, -0.2) is 0 Å². The zero-order valence-corrected chi connectivity index (χ0v) is 52.8. The minimum atomic E-state index is -0.790. The maximum Gasteiger partial charge on any atom is 0.306 e. The van der Waals surface area contributed by atoms with E-state index in [-0.39, 0.29) is 31.1 Å². The molecule has 0 bridgehead atoms. The highest BCUT2D eigenvalue weighted by molar-refractivity contribution is 5.71. The Labute approximate surface area is 496 Å². The molecule has 0 aromatic rings. The van der Waals surface area contributed by atoms with Gasteiger partial charge in [0.05, 0.1) is 0 Å². The second kappa shape index (κ2) is 67.8. The summed E-state index contributed by atoms with van der Waals surface area (Å²) in [5.41, 5.74) is 0. The Hall–Kier alpha value is -3.67. The minimum absolute atomic E-state index is 0.0853. The summed E-state index contributed by atoms with van der Waals surface area (Å²) < 4.78 is 17.0. The molecule has 0 aliphatic rings. The molecule has 80 heavy (non-hydrogen) atoms. The molecule has 0 aromatic heterocycles. The number of esters is 3. The molecular formula is C74H128O6. The summed E-state index contributed by atoms with van der Waals surface area (Å²) in [5, 5.41) is 0. The standard InChI is InChI=1S/C74H128O6/c1-4-7-10-13-16-19-22-25-28-30-32-34-35-36-37-38-39-40-42-43-46-49-52-55-58-61-64-67-73(76)79-70-71(69-78-72(75)66-63-60-57-54-51-48-45-27-24-21-18-15-12-9-6-3)80-74(77)68-65-62-59-56-53-50-47-44-41-33-31-29-26-23-20-17-14-11-8-5-2/h7,10,16,19,25,27-28,32,34,36-37,39-40,43,45-46,71H,4-6,8-9,11-15,17-18,20-24,26,29-31,33,35,38,41-42,44,47-70H2,1-3H3/b10-7-,19-16-,28-25-,34-32-,37-36-,40-39-,45-27-,46-43-. The molecule has 0 fully saturated rings. The molecule has 1 atom stereocenters. The van der Waals surface area contributed by atoms with Gasteiger partial charge in [-0.2, -0.15) is 0 Å². The summed E-state index contributed by atoms with van der Waals surface area (Å²) in [6.45, 7) is 6.54. The number of hydrogen-bond acceptors (Lipinski definition) is 6. The predicted octanol–water partition coefficient (Wildman–Crippen LogP) is 23.6. The van der Waals surface area contributed by atoms with Gasteiger partial charge in [-0.05, 0) is 103 Å². The lowest BCUT2D eigenvalue weighted by Crippen LogP contribution is -2.30. The Balaban J connectivity index is 4.38. The number of hydrogen-bond donors (Lipinski definition) is 0. The van der Waals surface area contributed by atoms with Gasteiger partial charge in [-0.3, -0.25) is 14.4 Å². The van der Waals surface area contributed by atoms with Crippen molar-refractivity contribution >= 4 is 17.9 Å². The molecule has 0 saturated carbocycles. The zero-order valence-electron chi connectivity index (χ0n) is 52.8. The summed E-state index contributed by atoms with van der Waals surface area (Å²) in [6.07, 6.45) is 91.3. The molecule has 0 saturated heterocycles. The molecule has 0 N–H and O–H groups in total. The van der Waals surface area contributed by atoms with Crippen LogP contribution < -0.4 is 0 Å². The Kier molecular flexibility index (Phi) is 64.7. The quantitative estimate of drug-likeness (QED) is 0.0261. The summed E-state index contributed by atoms with van der Waals surface area (Å²) >= 11 is 0. The van der Waals surface area contributed by atoms with E-state index in [1.165, 1.54) is 167 Å². The van der Waals surface area contributed by atoms with Crippen LogP contribution in [0.1, 0.15) is 335 Å². The molecule has 0 aliphatic carbocycles. The van der Waals surface area contributed by atoms with Crippen molar-refractivity contribution in [3.63, 3.8) is 0 Å². The summed E-state index contributed by atoms with van der Waals surface area (Å²) in [6, 6.07) is 0. The van der Waals surface area contributed by atoms with Crippen molar-refractivity contribution in [2.45, 2.75) is 341 Å². The van der Waals surface area contributed by atoms with Gasteiger partial charge in [0.15, 0.2) is 6.10 Å². The average Bonchev–Trinajstić information content (AvgIpc) is 3.46. The van der Waals surface area contributed by atoms with E-state index < -0.39 is 6.10 Å². The molecule has 0 aromatic carbocycles. The number of unbranched alkanes of at least 4 members (excludes halogenated alkanes) is 35. The molecule has 460 valence electrons. The fourth-order valence-electron chi connectivity index (χ4n) is 9.71. The van der Waals surface area contributed by atoms with Crippen molar-refractivity contribution in [2.75, 3.05) is 13.2 Å². The van der Waals surface area contributed by atoms with Gasteiger partial charge < -0.3 is 14.2 Å². The molecular weight excluding hydrogens is 985 g/mol. The fourth-order valence-corrected chi connectivity index (χ4v) is 9.71. The topological polar surface area (TPSA) is 78.9 Å². The first-order chi connectivity index (χ1) is 39.5. The predicted molar refractivity (Wildman–Crippen MR) is 348 cm³/mol. The van der Waals surface area contributed by atoms with Gasteiger partial charge in [0.1, 0.15) is 13.2 Å². The molecule has 0 spiro atoms. The van der Waals surface area contributed by atoms with Crippen molar-refractivity contribution < 1.29 is 28.6 Å². The van der Waals surface area contributed by atoms with Gasteiger partial charge in [-0.1, -0.05) is 311 Å². The Morgan fingerprint density at radius 3 is 0.775 bits per heavy atom. The first kappa shape index (κ1) is 76.3. The lowest BCUT2D eigenvalue weighted by molar-refractivity contribution is -0.167. The Morgan fingerprint density at radius 2 is 0.487 bits per heavy atom. The van der Waals surface area contributed by atoms with E-state index in [1.807, 2.05) is 0 Å². The summed E-state index contributed by atoms with van der Waals surface area (Å²) in [4.78, 5) is 38.4. The largest absolute Gasteiger partial charge is 0.462 e. The first-order valence-corrected chi connectivity index (χ1v) is 34.2. The number of rotatable bonds is 62. The minimum Gasteiger partial charge on any atom is -0.462 e. The van der Waals surface area contributed by atoms with E-state index >= 15 is 0 Å². The third-order valence-corrected chi connectivity index (χ3v) is 14.8. The van der Waals surface area contributed by atoms with E-state index in [4.69, 9.17) is 14.2 Å². The van der Waals surface area contributed by atoms with Crippen molar-refractivity contribution in [1.29, 1.82) is 0 Å². The number of allylic oxidation sites excluding steroid dienone is 16. The lowest BCUT2D eigenvalue weighted by atomic mass is 10.0. The number of carbonyl (C=O) groups excluding carboxylic acids is 3. The van der Waals surface area contributed by atoms with Gasteiger partial charge in [-0.15, -0.1) is 0 Å². The van der Waals surface area contributed by atoms with Gasteiger partial charge in [0, 0.05) is 19.3 Å². The number of ether oxygens (including phenoxy) is 3. The Bertz CT molecular complexity index is 1560. The van der Waals surface area contributed by atoms with Crippen LogP contribution in [-0.2, 0) is 28.6 Å². The van der Waals surface area contributed by atoms with Crippen LogP contribution in [0.4, 0.5) is 0 Å². The molecule has 0 amide bonds. The maximum absolute atomic E-state index is 12.9. The first-order valence-electron chi connectivity index (χ1n) is 34.2. The second-order valence-corrected chi connectivity index (χ2v) is 22.7. The fraction of sp³-hybridized carbons (Fsp3) is 0.743. The van der Waals surface area contributed by atoms with E-state index in [0.717, 1.165) is 128 Å². The molecule has 0 radical (unpaired) electrons. The zero-order chi connectivity index (χ0) is 57.8. The van der Waals surface area contributed by atoms with E-state index in [2.05, 4.69) is 118 Å². The smallest absolute Gasteiger partial charge is 0.306 e. The molecule has 0 heterocycles. The molecule has 0 rings (SSSR count). The summed E-state index contributed by atoms with van der Waals surface area (Å²) in [5.74, 6) is -0.896. The molecule has 6 heteroatoms. The molecule has 0 aliphatic heterocycles. The van der Waals surface area contributed by atoms with Crippen LogP contribution in [0.15, 0.2) is 97.2 Å². The van der Waals surface area contributed by atoms with Crippen molar-refractivity contribution in [3.8, 4) is 0 Å². The lowest BCUT2D eigenvalue weighted by Gasteiger charge is -2.18. The Morgan fingerprint density at radius 1 is 0.263 bits per heavy atom. The van der Waals surface area contributed by atoms with Crippen LogP contribution in [0.3, 0.4) is 0 Å². The van der Waals surface area contributed by atoms with E-state index in [9.17, 15) is 14.4 Å². The SMILES string of the molecule is CC/C=C\C/C=C\C/C=C\C/C=C\C/C=C\C/C=C\C/C=C\CCCCCCCC(=O)OCC(COC(=O)CCCCCCC/C=C\CCCCCCCC)OC(=O)CCCCCCCCCCCCCCCCCCCCCC. The van der Waals surface area contributed by atoms with Crippen LogP contribution in [0.2, 0.25) is 0 Å². The maximum atomic E-state index is 12.9. The van der Waals surface area contributed by atoms with Crippen molar-refractivity contribution in [2.24, 2.45) is 0 Å². The second-order valence-electron chi connectivity index (χ2n) is 22.7. The molecule has 6 nitrogen and oxygen atoms in total. The van der Waals surface area contributed by atoms with E-state index in [1.54, 1.807) is 0 Å². The highest BCUT2D eigenvalue weighted by Crippen LogP contribution is 2.17. The van der Waals surface area contributed by atoms with Crippen molar-refractivity contribution in [1.82, 2.24) is 0 Å². The third-order valence-electron chi connectivity index (χ3n) is 14.8. The number of carbonyl (C=O) groups is 3. The normalized spacial score (nSPS) is 12.7. The van der Waals surface area contributed by atoms with Crippen LogP contribution >= 0.6 is 0 Å². The molecule has 1 unspecified atom stereocenters. The van der Waals surface area contributed by atoms with Crippen LogP contribution in [0, 0.1) is 0 Å². The monoisotopic (exact) mass is 1110 g/mol.